The van der Waals surface area contributed by atoms with Crippen molar-refractivity contribution in [3.8, 4) is 0 Å². The summed E-state index contributed by atoms with van der Waals surface area (Å²) in [6.07, 6.45) is 1.68. The van der Waals surface area contributed by atoms with Crippen molar-refractivity contribution in [2.24, 2.45) is 0 Å². The highest BCUT2D eigenvalue weighted by Gasteiger charge is 2.16. The van der Waals surface area contributed by atoms with Crippen molar-refractivity contribution >= 4 is 10.8 Å². The lowest BCUT2D eigenvalue weighted by Gasteiger charge is -2.00. The highest BCUT2D eigenvalue weighted by molar-refractivity contribution is 7.83. The van der Waals surface area contributed by atoms with Crippen LogP contribution in [0.5, 0.6) is 0 Å². The molecule has 0 fully saturated rings. The molecule has 1 unspecified atom stereocenters. The third kappa shape index (κ3) is 6.75. The minimum absolute atomic E-state index is 0.303. The Hall–Kier alpha value is -1.27. The Morgan fingerprint density at radius 3 is 2.07 bits per heavy atom. The van der Waals surface area contributed by atoms with Crippen LogP contribution < -0.4 is 0 Å². The summed E-state index contributed by atoms with van der Waals surface area (Å²) in [4.78, 5) is 9.31. The van der Waals surface area contributed by atoms with Gasteiger partial charge >= 0.3 is 6.23 Å². The van der Waals surface area contributed by atoms with Crippen molar-refractivity contribution in [1.29, 1.82) is 0 Å². The van der Waals surface area contributed by atoms with Gasteiger partial charge in [0.05, 0.1) is 10.5 Å². The maximum Gasteiger partial charge on any atom is 0.339 e. The van der Waals surface area contributed by atoms with Gasteiger partial charge in [0.15, 0.2) is 0 Å². The van der Waals surface area contributed by atoms with E-state index in [1.165, 1.54) is 12.1 Å². The van der Waals surface area contributed by atoms with Gasteiger partial charge in [0.2, 0.25) is 0 Å². The molecule has 0 aromatic heterocycles. The molecule has 0 aliphatic carbocycles. The van der Waals surface area contributed by atoms with E-state index < -0.39 is 22.0 Å². The number of hydrogen-bond donors (Lipinski definition) is 1. The molecule has 1 N–H and O–H groups in total. The summed E-state index contributed by atoms with van der Waals surface area (Å²) >= 11 is 0. The molecule has 1 aromatic rings. The summed E-state index contributed by atoms with van der Waals surface area (Å²) in [6, 6.07) is 8.03. The molecule has 1 atom stereocenters. The summed E-state index contributed by atoms with van der Waals surface area (Å²) in [7, 11) is -0.611. The summed E-state index contributed by atoms with van der Waals surface area (Å²) in [5.41, 5.74) is 0.303. The van der Waals surface area contributed by atoms with E-state index in [2.05, 4.69) is 0 Å². The molecule has 15 heavy (non-hydrogen) atoms. The Morgan fingerprint density at radius 1 is 1.33 bits per heavy atom. The zero-order valence-corrected chi connectivity index (χ0v) is 9.31. The van der Waals surface area contributed by atoms with E-state index in [1.54, 1.807) is 30.7 Å². The van der Waals surface area contributed by atoms with Crippen molar-refractivity contribution < 1.29 is 14.2 Å². The van der Waals surface area contributed by atoms with E-state index in [4.69, 9.17) is 5.11 Å². The smallest absolute Gasteiger partial charge is 0.329 e. The third-order valence-electron chi connectivity index (χ3n) is 1.30. The van der Waals surface area contributed by atoms with Gasteiger partial charge in [-0.2, -0.15) is 0 Å². The standard InChI is InChI=1S/C7H7NO3.C2H6OS/c9-7(8(10)11)6-4-2-1-3-5-6;1-4(2)3/h1-5,7,9H;1-2H3. The number of aliphatic hydroxyl groups is 1. The fourth-order valence-electron chi connectivity index (χ4n) is 0.747. The first kappa shape index (κ1) is 13.7. The number of rotatable bonds is 2. The van der Waals surface area contributed by atoms with Crippen LogP contribution in [0.25, 0.3) is 0 Å². The Kier molecular flexibility index (Phi) is 6.48. The van der Waals surface area contributed by atoms with Gasteiger partial charge in [-0.25, -0.2) is 0 Å². The molecule has 0 radical (unpaired) electrons. The van der Waals surface area contributed by atoms with Gasteiger partial charge in [0.25, 0.3) is 0 Å². The fourth-order valence-corrected chi connectivity index (χ4v) is 0.747. The monoisotopic (exact) mass is 231 g/mol. The van der Waals surface area contributed by atoms with Crippen molar-refractivity contribution in [2.45, 2.75) is 6.23 Å². The first-order valence-electron chi connectivity index (χ1n) is 4.06. The average molecular weight is 231 g/mol. The van der Waals surface area contributed by atoms with Gasteiger partial charge < -0.3 is 5.11 Å². The molecular weight excluding hydrogens is 218 g/mol. The molecule has 0 spiro atoms. The molecule has 0 saturated heterocycles. The topological polar surface area (TPSA) is 80.4 Å². The normalized spacial score (nSPS) is 11.5. The number of nitro groups is 1. The van der Waals surface area contributed by atoms with Crippen molar-refractivity contribution in [3.05, 3.63) is 46.0 Å². The molecule has 0 aliphatic rings. The van der Waals surface area contributed by atoms with Gasteiger partial charge in [-0.1, -0.05) is 18.2 Å². The molecule has 0 saturated carbocycles. The van der Waals surface area contributed by atoms with E-state index in [9.17, 15) is 14.3 Å². The van der Waals surface area contributed by atoms with E-state index in [-0.39, 0.29) is 0 Å². The lowest BCUT2D eigenvalue weighted by atomic mass is 10.2. The molecule has 0 heterocycles. The van der Waals surface area contributed by atoms with E-state index in [1.807, 2.05) is 0 Å². The zero-order valence-electron chi connectivity index (χ0n) is 8.49. The minimum atomic E-state index is -1.60. The van der Waals surface area contributed by atoms with Crippen LogP contribution in [0.2, 0.25) is 0 Å². The SMILES string of the molecule is CS(C)=O.O=[N+]([O-])C(O)c1ccccc1. The van der Waals surface area contributed by atoms with E-state index in [0.717, 1.165) is 0 Å². The van der Waals surface area contributed by atoms with Crippen LogP contribution >= 0.6 is 0 Å². The van der Waals surface area contributed by atoms with Crippen LogP contribution in [0.3, 0.4) is 0 Å². The second-order valence-electron chi connectivity index (χ2n) is 2.81. The molecule has 1 rings (SSSR count). The van der Waals surface area contributed by atoms with E-state index in [0.29, 0.717) is 5.56 Å². The Balaban J connectivity index is 0.000000423. The van der Waals surface area contributed by atoms with Gasteiger partial charge in [0.1, 0.15) is 0 Å². The van der Waals surface area contributed by atoms with Gasteiger partial charge in [-0.05, 0) is 12.1 Å². The third-order valence-corrected chi connectivity index (χ3v) is 1.30. The van der Waals surface area contributed by atoms with Gasteiger partial charge in [-0.15, -0.1) is 0 Å². The fraction of sp³-hybridized carbons (Fsp3) is 0.333. The second kappa shape index (κ2) is 7.08. The lowest BCUT2D eigenvalue weighted by Crippen LogP contribution is -2.08. The quantitative estimate of drug-likeness (QED) is 0.467. The summed E-state index contributed by atoms with van der Waals surface area (Å²) in [6.45, 7) is 0. The summed E-state index contributed by atoms with van der Waals surface area (Å²) in [5, 5.41) is 19.0. The minimum Gasteiger partial charge on any atom is -0.329 e. The first-order valence-corrected chi connectivity index (χ1v) is 6.03. The number of nitrogens with zero attached hydrogens (tertiary/aromatic N) is 1. The van der Waals surface area contributed by atoms with Crippen LogP contribution in [-0.2, 0) is 10.8 Å². The average Bonchev–Trinajstić information content (AvgIpc) is 2.17. The zero-order chi connectivity index (χ0) is 11.8. The van der Waals surface area contributed by atoms with Gasteiger partial charge in [0, 0.05) is 23.3 Å². The maximum absolute atomic E-state index is 10.1. The molecule has 1 aromatic carbocycles. The molecule has 84 valence electrons. The number of benzene rings is 1. The highest BCUT2D eigenvalue weighted by atomic mass is 32.2. The molecular formula is C9H13NO4S. The van der Waals surface area contributed by atoms with E-state index >= 15 is 0 Å². The molecule has 6 heteroatoms. The van der Waals surface area contributed by atoms with Crippen molar-refractivity contribution in [3.63, 3.8) is 0 Å². The van der Waals surface area contributed by atoms with Crippen LogP contribution in [-0.4, -0.2) is 26.8 Å². The van der Waals surface area contributed by atoms with Gasteiger partial charge in [-0.3, -0.25) is 14.3 Å². The predicted molar refractivity (Wildman–Crippen MR) is 58.4 cm³/mol. The van der Waals surface area contributed by atoms with Crippen LogP contribution in [0.1, 0.15) is 11.8 Å². The Morgan fingerprint density at radius 2 is 1.73 bits per heavy atom. The largest absolute Gasteiger partial charge is 0.339 e. The lowest BCUT2D eigenvalue weighted by molar-refractivity contribution is -0.578. The molecule has 0 amide bonds. The Labute approximate surface area is 90.4 Å². The summed E-state index contributed by atoms with van der Waals surface area (Å²) < 4.78 is 9.56. The molecule has 0 aliphatic heterocycles. The number of aliphatic hydroxyl groups excluding tert-OH is 1. The first-order chi connectivity index (χ1) is 6.95. The van der Waals surface area contributed by atoms with Crippen LogP contribution in [0.15, 0.2) is 30.3 Å². The predicted octanol–water partition coefficient (Wildman–Crippen LogP) is 0.949. The number of hydrogen-bond acceptors (Lipinski definition) is 4. The highest BCUT2D eigenvalue weighted by Crippen LogP contribution is 2.11. The Bertz CT molecular complexity index is 324. The molecule has 0 bridgehead atoms. The molecule has 5 nitrogen and oxygen atoms in total. The second-order valence-corrected chi connectivity index (χ2v) is 4.29. The van der Waals surface area contributed by atoms with Crippen molar-refractivity contribution in [1.82, 2.24) is 0 Å². The summed E-state index contributed by atoms with van der Waals surface area (Å²) in [5.74, 6) is 0. The van der Waals surface area contributed by atoms with Crippen LogP contribution in [0, 0.1) is 10.1 Å². The van der Waals surface area contributed by atoms with Crippen LogP contribution in [0.4, 0.5) is 0 Å². The maximum atomic E-state index is 10.1. The van der Waals surface area contributed by atoms with Crippen molar-refractivity contribution in [2.75, 3.05) is 12.5 Å².